The summed E-state index contributed by atoms with van der Waals surface area (Å²) in [6, 6.07) is 0. The number of carbonyl (C=O) groups is 2. The molecule has 2 aliphatic carbocycles. The highest BCUT2D eigenvalue weighted by Gasteiger charge is 2.20. The molecule has 0 aromatic carbocycles. The van der Waals surface area contributed by atoms with Gasteiger partial charge < -0.3 is 4.74 Å². The van der Waals surface area contributed by atoms with Gasteiger partial charge in [0.15, 0.2) is 0 Å². The molecular formula is C16H16O3. The minimum atomic E-state index is -0.435. The first-order valence-corrected chi connectivity index (χ1v) is 6.21. The zero-order valence-corrected chi connectivity index (χ0v) is 10.9. The van der Waals surface area contributed by atoms with Gasteiger partial charge in [0.05, 0.1) is 0 Å². The molecule has 2 rings (SSSR count). The van der Waals surface area contributed by atoms with Crippen LogP contribution in [0.2, 0.25) is 0 Å². The van der Waals surface area contributed by atoms with E-state index in [4.69, 9.17) is 4.74 Å². The van der Waals surface area contributed by atoms with Gasteiger partial charge in [-0.3, -0.25) is 4.79 Å². The number of hydrogen-bond donors (Lipinski definition) is 0. The van der Waals surface area contributed by atoms with Gasteiger partial charge in [-0.25, -0.2) is 4.79 Å². The van der Waals surface area contributed by atoms with Gasteiger partial charge in [-0.1, -0.05) is 30.9 Å². The topological polar surface area (TPSA) is 43.4 Å². The fourth-order valence-corrected chi connectivity index (χ4v) is 2.20. The van der Waals surface area contributed by atoms with Crippen LogP contribution in [-0.2, 0) is 14.3 Å². The SMILES string of the molecule is C=CC(=O)OC1=CC=C2C=C(CC(C)=O)C=CC2C1. The first-order valence-electron chi connectivity index (χ1n) is 6.21. The maximum Gasteiger partial charge on any atom is 0.335 e. The molecule has 0 bridgehead atoms. The van der Waals surface area contributed by atoms with Crippen molar-refractivity contribution in [3.05, 3.63) is 59.9 Å². The van der Waals surface area contributed by atoms with Crippen LogP contribution >= 0.6 is 0 Å². The Morgan fingerprint density at radius 1 is 1.47 bits per heavy atom. The first kappa shape index (κ1) is 13.3. The molecule has 0 saturated carbocycles. The van der Waals surface area contributed by atoms with E-state index in [2.05, 4.69) is 12.7 Å². The Morgan fingerprint density at radius 2 is 2.26 bits per heavy atom. The molecule has 0 amide bonds. The maximum absolute atomic E-state index is 11.1. The van der Waals surface area contributed by atoms with Crippen molar-refractivity contribution in [2.24, 2.45) is 5.92 Å². The number of fused-ring (bicyclic) bond motifs is 1. The zero-order chi connectivity index (χ0) is 13.8. The number of ether oxygens (including phenoxy) is 1. The smallest absolute Gasteiger partial charge is 0.335 e. The van der Waals surface area contributed by atoms with Gasteiger partial charge in [0.2, 0.25) is 0 Å². The summed E-state index contributed by atoms with van der Waals surface area (Å²) in [6.07, 6.45) is 12.1. The van der Waals surface area contributed by atoms with Gasteiger partial charge in [-0.05, 0) is 24.1 Å². The first-order chi connectivity index (χ1) is 9.08. The van der Waals surface area contributed by atoms with Crippen molar-refractivity contribution in [3.8, 4) is 0 Å². The van der Waals surface area contributed by atoms with Crippen molar-refractivity contribution in [2.75, 3.05) is 0 Å². The standard InChI is InChI=1S/C16H16O3/c1-3-16(18)19-15-7-6-13-9-12(8-11(2)17)4-5-14(13)10-15/h3-7,9,14H,1,8,10H2,2H3. The minimum absolute atomic E-state index is 0.155. The molecule has 0 radical (unpaired) electrons. The highest BCUT2D eigenvalue weighted by molar-refractivity contribution is 5.82. The van der Waals surface area contributed by atoms with Gasteiger partial charge >= 0.3 is 5.97 Å². The summed E-state index contributed by atoms with van der Waals surface area (Å²) < 4.78 is 5.13. The third kappa shape index (κ3) is 3.41. The van der Waals surface area contributed by atoms with E-state index < -0.39 is 5.97 Å². The largest absolute Gasteiger partial charge is 0.428 e. The third-order valence-electron chi connectivity index (χ3n) is 3.06. The number of carbonyl (C=O) groups excluding carboxylic acids is 2. The van der Waals surface area contributed by atoms with Gasteiger partial charge in [-0.2, -0.15) is 0 Å². The minimum Gasteiger partial charge on any atom is -0.428 e. The van der Waals surface area contributed by atoms with Gasteiger partial charge in [-0.15, -0.1) is 0 Å². The molecule has 0 aromatic heterocycles. The molecule has 0 aliphatic heterocycles. The predicted molar refractivity (Wildman–Crippen MR) is 73.1 cm³/mol. The van der Waals surface area contributed by atoms with Crippen LogP contribution in [0.25, 0.3) is 0 Å². The van der Waals surface area contributed by atoms with Crippen LogP contribution in [0.4, 0.5) is 0 Å². The Bertz CT molecular complexity index is 544. The zero-order valence-electron chi connectivity index (χ0n) is 10.9. The normalized spacial score (nSPS) is 20.7. The number of Topliss-reactive ketones (excluding diaryl/α,β-unsaturated/α-hetero) is 1. The summed E-state index contributed by atoms with van der Waals surface area (Å²) in [4.78, 5) is 22.2. The lowest BCUT2D eigenvalue weighted by molar-refractivity contribution is -0.134. The molecule has 0 aromatic rings. The number of hydrogen-bond acceptors (Lipinski definition) is 3. The van der Waals surface area contributed by atoms with Crippen LogP contribution in [-0.4, -0.2) is 11.8 Å². The second-order valence-corrected chi connectivity index (χ2v) is 4.69. The van der Waals surface area contributed by atoms with E-state index in [-0.39, 0.29) is 11.7 Å². The number of ketones is 1. The lowest BCUT2D eigenvalue weighted by atomic mass is 9.84. The Balaban J connectivity index is 2.12. The van der Waals surface area contributed by atoms with Crippen molar-refractivity contribution in [1.82, 2.24) is 0 Å². The second-order valence-electron chi connectivity index (χ2n) is 4.69. The van der Waals surface area contributed by atoms with E-state index in [1.165, 1.54) is 0 Å². The van der Waals surface area contributed by atoms with Crippen LogP contribution < -0.4 is 0 Å². The summed E-state index contributed by atoms with van der Waals surface area (Å²) in [5.74, 6) is 0.581. The second kappa shape index (κ2) is 5.65. The molecule has 0 spiro atoms. The summed E-state index contributed by atoms with van der Waals surface area (Å²) in [5, 5.41) is 0. The Kier molecular flexibility index (Phi) is 3.95. The van der Waals surface area contributed by atoms with Crippen molar-refractivity contribution in [1.29, 1.82) is 0 Å². The summed E-state index contributed by atoms with van der Waals surface area (Å²) in [6.45, 7) is 4.96. The molecule has 1 unspecified atom stereocenters. The van der Waals surface area contributed by atoms with Crippen LogP contribution in [0.1, 0.15) is 19.8 Å². The molecule has 1 atom stereocenters. The van der Waals surface area contributed by atoms with Gasteiger partial charge in [0, 0.05) is 24.8 Å². The average molecular weight is 256 g/mol. The van der Waals surface area contributed by atoms with Crippen molar-refractivity contribution in [3.63, 3.8) is 0 Å². The number of allylic oxidation sites excluding steroid dienone is 8. The van der Waals surface area contributed by atoms with Gasteiger partial charge in [0.1, 0.15) is 11.5 Å². The summed E-state index contributed by atoms with van der Waals surface area (Å²) in [5.41, 5.74) is 2.17. The van der Waals surface area contributed by atoms with E-state index in [9.17, 15) is 9.59 Å². The monoisotopic (exact) mass is 256 g/mol. The van der Waals surface area contributed by atoms with Crippen molar-refractivity contribution >= 4 is 11.8 Å². The third-order valence-corrected chi connectivity index (χ3v) is 3.06. The van der Waals surface area contributed by atoms with E-state index in [1.807, 2.05) is 18.2 Å². The Labute approximate surface area is 112 Å². The van der Waals surface area contributed by atoms with E-state index in [0.29, 0.717) is 18.6 Å². The van der Waals surface area contributed by atoms with Gasteiger partial charge in [0.25, 0.3) is 0 Å². The van der Waals surface area contributed by atoms with E-state index in [0.717, 1.165) is 17.2 Å². The fourth-order valence-electron chi connectivity index (χ4n) is 2.20. The molecule has 3 nitrogen and oxygen atoms in total. The molecular weight excluding hydrogens is 240 g/mol. The average Bonchev–Trinajstić information content (AvgIpc) is 2.38. The molecule has 98 valence electrons. The molecule has 2 aliphatic rings. The van der Waals surface area contributed by atoms with Crippen LogP contribution in [0.15, 0.2) is 59.9 Å². The molecule has 0 saturated heterocycles. The fraction of sp³-hybridized carbons (Fsp3) is 0.250. The Morgan fingerprint density at radius 3 is 2.95 bits per heavy atom. The lowest BCUT2D eigenvalue weighted by Gasteiger charge is -2.23. The summed E-state index contributed by atoms with van der Waals surface area (Å²) >= 11 is 0. The molecule has 19 heavy (non-hydrogen) atoms. The molecule has 3 heteroatoms. The molecule has 0 fully saturated rings. The van der Waals surface area contributed by atoms with Crippen molar-refractivity contribution in [2.45, 2.75) is 19.8 Å². The quantitative estimate of drug-likeness (QED) is 0.573. The maximum atomic E-state index is 11.1. The van der Waals surface area contributed by atoms with Crippen molar-refractivity contribution < 1.29 is 14.3 Å². The molecule has 0 N–H and O–H groups in total. The predicted octanol–water partition coefficient (Wildman–Crippen LogP) is 3.02. The molecule has 0 heterocycles. The highest BCUT2D eigenvalue weighted by atomic mass is 16.5. The van der Waals surface area contributed by atoms with E-state index >= 15 is 0 Å². The van der Waals surface area contributed by atoms with E-state index in [1.54, 1.807) is 13.0 Å². The Hall–Kier alpha value is -2.16. The summed E-state index contributed by atoms with van der Waals surface area (Å²) in [7, 11) is 0. The number of rotatable bonds is 4. The van der Waals surface area contributed by atoms with Crippen LogP contribution in [0.3, 0.4) is 0 Å². The number of esters is 1. The van der Waals surface area contributed by atoms with Crippen LogP contribution in [0.5, 0.6) is 0 Å². The lowest BCUT2D eigenvalue weighted by Crippen LogP contribution is -2.12. The highest BCUT2D eigenvalue weighted by Crippen LogP contribution is 2.32. The van der Waals surface area contributed by atoms with Crippen LogP contribution in [0, 0.1) is 5.92 Å².